The zero-order valence-corrected chi connectivity index (χ0v) is 20.0. The zero-order chi connectivity index (χ0) is 23.5. The van der Waals surface area contributed by atoms with Crippen molar-refractivity contribution in [2.75, 3.05) is 39.1 Å². The van der Waals surface area contributed by atoms with Gasteiger partial charge in [0.05, 0.1) is 35.9 Å². The second-order valence-electron chi connectivity index (χ2n) is 7.50. The van der Waals surface area contributed by atoms with Gasteiger partial charge in [0.2, 0.25) is 0 Å². The van der Waals surface area contributed by atoms with Gasteiger partial charge in [-0.15, -0.1) is 0 Å². The van der Waals surface area contributed by atoms with Gasteiger partial charge in [0, 0.05) is 31.8 Å². The third kappa shape index (κ3) is 5.11. The number of nitrogens with zero attached hydrogens (tertiary/aromatic N) is 1. The number of nitrogens with one attached hydrogen (secondary N) is 1. The lowest BCUT2D eigenvalue weighted by atomic mass is 10.1. The Labute approximate surface area is 193 Å². The van der Waals surface area contributed by atoms with E-state index < -0.39 is 10.0 Å². The number of anilines is 1. The standard InChI is InChI=1S/C22H27ClN2O6S/c1-14-5-6-15(22(26)25-9-7-16(29-2)8-10-25)11-21(14)32(27,28)24-18-12-17(23)19(30-3)13-20(18)31-4/h5-6,11-13,16,24H,7-10H2,1-4H3. The van der Waals surface area contributed by atoms with Crippen LogP contribution in [0.4, 0.5) is 5.69 Å². The number of amides is 1. The predicted molar refractivity (Wildman–Crippen MR) is 122 cm³/mol. The third-order valence-electron chi connectivity index (χ3n) is 5.51. The number of ether oxygens (including phenoxy) is 3. The Hall–Kier alpha value is -2.49. The fourth-order valence-corrected chi connectivity index (χ4v) is 5.21. The lowest BCUT2D eigenvalue weighted by Gasteiger charge is -2.31. The molecule has 2 aromatic carbocycles. The summed E-state index contributed by atoms with van der Waals surface area (Å²) in [6.45, 7) is 2.80. The highest BCUT2D eigenvalue weighted by Crippen LogP contribution is 2.37. The highest BCUT2D eigenvalue weighted by molar-refractivity contribution is 7.92. The average molecular weight is 483 g/mol. The molecule has 0 unspecified atom stereocenters. The maximum atomic E-state index is 13.2. The Morgan fingerprint density at radius 3 is 2.31 bits per heavy atom. The molecule has 1 fully saturated rings. The van der Waals surface area contributed by atoms with Gasteiger partial charge < -0.3 is 19.1 Å². The van der Waals surface area contributed by atoms with Crippen molar-refractivity contribution in [2.24, 2.45) is 0 Å². The highest BCUT2D eigenvalue weighted by atomic mass is 35.5. The summed E-state index contributed by atoms with van der Waals surface area (Å²) in [6, 6.07) is 7.59. The number of carbonyl (C=O) groups is 1. The first-order valence-corrected chi connectivity index (χ1v) is 11.9. The van der Waals surface area contributed by atoms with Crippen molar-refractivity contribution in [3.8, 4) is 11.5 Å². The number of benzene rings is 2. The largest absolute Gasteiger partial charge is 0.495 e. The van der Waals surface area contributed by atoms with Crippen molar-refractivity contribution in [3.63, 3.8) is 0 Å². The van der Waals surface area contributed by atoms with E-state index >= 15 is 0 Å². The fourth-order valence-electron chi connectivity index (χ4n) is 3.64. The minimum absolute atomic E-state index is 0.00382. The van der Waals surface area contributed by atoms with E-state index in [1.165, 1.54) is 32.4 Å². The molecule has 1 N–H and O–H groups in total. The summed E-state index contributed by atoms with van der Waals surface area (Å²) in [5.41, 5.74) is 0.980. The highest BCUT2D eigenvalue weighted by Gasteiger charge is 2.26. The molecule has 0 radical (unpaired) electrons. The Bertz CT molecular complexity index is 1100. The van der Waals surface area contributed by atoms with Gasteiger partial charge >= 0.3 is 0 Å². The monoisotopic (exact) mass is 482 g/mol. The molecule has 10 heteroatoms. The molecule has 2 aromatic rings. The first kappa shape index (κ1) is 24.2. The van der Waals surface area contributed by atoms with Gasteiger partial charge in [-0.25, -0.2) is 8.42 Å². The van der Waals surface area contributed by atoms with Crippen LogP contribution in [0.15, 0.2) is 35.2 Å². The normalized spacial score (nSPS) is 14.8. The van der Waals surface area contributed by atoms with Gasteiger partial charge in [-0.2, -0.15) is 0 Å². The molecule has 0 aliphatic carbocycles. The summed E-state index contributed by atoms with van der Waals surface area (Å²) < 4.78 is 44.7. The minimum atomic E-state index is -4.03. The molecule has 1 amide bonds. The topological polar surface area (TPSA) is 94.2 Å². The van der Waals surface area contributed by atoms with Crippen molar-refractivity contribution < 1.29 is 27.4 Å². The summed E-state index contributed by atoms with van der Waals surface area (Å²) in [4.78, 5) is 14.7. The lowest BCUT2D eigenvalue weighted by molar-refractivity contribution is 0.0350. The zero-order valence-electron chi connectivity index (χ0n) is 18.5. The molecular weight excluding hydrogens is 456 g/mol. The first-order valence-electron chi connectivity index (χ1n) is 10.1. The number of likely N-dealkylation sites (tertiary alicyclic amines) is 1. The Balaban J connectivity index is 1.89. The summed E-state index contributed by atoms with van der Waals surface area (Å²) in [7, 11) is 0.498. The van der Waals surface area contributed by atoms with E-state index in [2.05, 4.69) is 4.72 Å². The number of piperidine rings is 1. The van der Waals surface area contributed by atoms with Gasteiger partial charge in [0.1, 0.15) is 11.5 Å². The third-order valence-corrected chi connectivity index (χ3v) is 7.31. The summed E-state index contributed by atoms with van der Waals surface area (Å²) in [5, 5.41) is 0.228. The fraction of sp³-hybridized carbons (Fsp3) is 0.409. The van der Waals surface area contributed by atoms with E-state index in [0.717, 1.165) is 12.8 Å². The maximum absolute atomic E-state index is 13.2. The molecule has 32 heavy (non-hydrogen) atoms. The number of halogens is 1. The number of hydrogen-bond donors (Lipinski definition) is 1. The molecule has 1 heterocycles. The van der Waals surface area contributed by atoms with E-state index in [1.54, 1.807) is 31.1 Å². The van der Waals surface area contributed by atoms with Crippen LogP contribution in [0.25, 0.3) is 0 Å². The van der Waals surface area contributed by atoms with Crippen LogP contribution in [0.5, 0.6) is 11.5 Å². The molecule has 1 saturated heterocycles. The molecule has 1 aliphatic heterocycles. The second kappa shape index (κ2) is 9.97. The van der Waals surface area contributed by atoms with Crippen molar-refractivity contribution in [1.82, 2.24) is 4.90 Å². The van der Waals surface area contributed by atoms with Crippen LogP contribution in [0.3, 0.4) is 0 Å². The summed E-state index contributed by atoms with van der Waals surface area (Å²) in [6.07, 6.45) is 1.64. The van der Waals surface area contributed by atoms with Gasteiger partial charge in [-0.1, -0.05) is 17.7 Å². The van der Waals surface area contributed by atoms with Crippen molar-refractivity contribution >= 4 is 33.2 Å². The van der Waals surface area contributed by atoms with E-state index in [1.807, 2.05) is 0 Å². The van der Waals surface area contributed by atoms with E-state index in [4.69, 9.17) is 25.8 Å². The quantitative estimate of drug-likeness (QED) is 0.646. The van der Waals surface area contributed by atoms with Gasteiger partial charge in [0.25, 0.3) is 15.9 Å². The Kier molecular flexibility index (Phi) is 7.53. The van der Waals surface area contributed by atoms with E-state index in [-0.39, 0.29) is 33.4 Å². The van der Waals surface area contributed by atoms with E-state index in [9.17, 15) is 13.2 Å². The molecule has 0 aromatic heterocycles. The predicted octanol–water partition coefficient (Wildman–Crippen LogP) is 3.72. The summed E-state index contributed by atoms with van der Waals surface area (Å²) >= 11 is 6.16. The van der Waals surface area contributed by atoms with Crippen LogP contribution in [0.2, 0.25) is 5.02 Å². The number of hydrogen-bond acceptors (Lipinski definition) is 6. The van der Waals surface area contributed by atoms with Crippen LogP contribution in [0, 0.1) is 6.92 Å². The molecule has 174 valence electrons. The molecule has 3 rings (SSSR count). The minimum Gasteiger partial charge on any atom is -0.495 e. The number of rotatable bonds is 7. The number of carbonyl (C=O) groups excluding carboxylic acids is 1. The van der Waals surface area contributed by atoms with Crippen molar-refractivity contribution in [3.05, 3.63) is 46.5 Å². The molecule has 0 bridgehead atoms. The van der Waals surface area contributed by atoms with Gasteiger partial charge in [-0.3, -0.25) is 9.52 Å². The average Bonchev–Trinajstić information content (AvgIpc) is 2.79. The maximum Gasteiger partial charge on any atom is 0.262 e. The van der Waals surface area contributed by atoms with E-state index in [0.29, 0.717) is 30.0 Å². The second-order valence-corrected chi connectivity index (χ2v) is 9.56. The van der Waals surface area contributed by atoms with Crippen molar-refractivity contribution in [2.45, 2.75) is 30.8 Å². The SMILES string of the molecule is COc1cc(OC)c(NS(=O)(=O)c2cc(C(=O)N3CCC(OC)CC3)ccc2C)cc1Cl. The van der Waals surface area contributed by atoms with Crippen molar-refractivity contribution in [1.29, 1.82) is 0 Å². The smallest absolute Gasteiger partial charge is 0.262 e. The molecule has 0 saturated carbocycles. The lowest BCUT2D eigenvalue weighted by Crippen LogP contribution is -2.40. The first-order chi connectivity index (χ1) is 15.2. The molecule has 1 aliphatic rings. The number of sulfonamides is 1. The number of methoxy groups -OCH3 is 3. The molecule has 8 nitrogen and oxygen atoms in total. The van der Waals surface area contributed by atoms with Crippen LogP contribution in [0.1, 0.15) is 28.8 Å². The van der Waals surface area contributed by atoms with Gasteiger partial charge in [0.15, 0.2) is 0 Å². The number of aryl methyl sites for hydroxylation is 1. The molecule has 0 atom stereocenters. The Morgan fingerprint density at radius 1 is 1.06 bits per heavy atom. The molecular formula is C22H27ClN2O6S. The van der Waals surface area contributed by atoms with Crippen LogP contribution >= 0.6 is 11.6 Å². The summed E-state index contributed by atoms with van der Waals surface area (Å²) in [5.74, 6) is 0.397. The van der Waals surface area contributed by atoms with Gasteiger partial charge in [-0.05, 0) is 43.5 Å². The molecule has 0 spiro atoms. The van der Waals surface area contributed by atoms with Crippen LogP contribution < -0.4 is 14.2 Å². The Morgan fingerprint density at radius 2 is 1.72 bits per heavy atom. The van der Waals surface area contributed by atoms with Crippen LogP contribution in [-0.4, -0.2) is 59.7 Å². The van der Waals surface area contributed by atoms with Crippen LogP contribution in [-0.2, 0) is 14.8 Å².